The molecule has 0 aliphatic heterocycles. The van der Waals surface area contributed by atoms with Crippen molar-refractivity contribution in [2.75, 3.05) is 123 Å². The first-order valence-electron chi connectivity index (χ1n) is 28.3. The topological polar surface area (TPSA) is 29.2 Å². The minimum absolute atomic E-state index is 0.916. The van der Waals surface area contributed by atoms with Crippen LogP contribution in [0.15, 0.2) is 164 Å². The van der Waals surface area contributed by atoms with Gasteiger partial charge in [-0.15, -0.1) is 0 Å². The fourth-order valence-corrected chi connectivity index (χ4v) is 10.8. The summed E-state index contributed by atoms with van der Waals surface area (Å²) >= 11 is 0. The Bertz CT molecular complexity index is 2370. The maximum Gasteiger partial charge on any atom is 0.0503 e. The third kappa shape index (κ3) is 12.6. The zero-order valence-corrected chi connectivity index (χ0v) is 47.6. The van der Waals surface area contributed by atoms with Gasteiger partial charge in [0.25, 0.3) is 0 Å². The second kappa shape index (κ2) is 26.8. The van der Waals surface area contributed by atoms with Crippen molar-refractivity contribution in [3.8, 4) is 0 Å². The first kappa shape index (κ1) is 55.5. The molecule has 0 saturated heterocycles. The molecule has 7 rings (SSSR count). The summed E-state index contributed by atoms with van der Waals surface area (Å²) in [5, 5.41) is 0. The summed E-state index contributed by atoms with van der Waals surface area (Å²) < 4.78 is 0. The minimum atomic E-state index is 0.916. The van der Waals surface area contributed by atoms with Crippen LogP contribution in [0.25, 0.3) is 0 Å². The van der Waals surface area contributed by atoms with Crippen molar-refractivity contribution in [1.29, 1.82) is 0 Å². The molecule has 0 radical (unpaired) electrons. The Morgan fingerprint density at radius 2 is 0.293 bits per heavy atom. The molecule has 0 N–H and O–H groups in total. The Hall–Kier alpha value is -7.26. The van der Waals surface area contributed by atoms with Crippen LogP contribution in [0.1, 0.15) is 83.1 Å². The molecule has 0 bridgehead atoms. The Balaban J connectivity index is 1.65. The lowest BCUT2D eigenvalue weighted by Crippen LogP contribution is -2.23. The summed E-state index contributed by atoms with van der Waals surface area (Å²) in [4.78, 5) is 22.1. The van der Waals surface area contributed by atoms with Gasteiger partial charge in [0.05, 0.1) is 17.1 Å². The number of rotatable bonds is 27. The molecule has 396 valence electrons. The average Bonchev–Trinajstić information content (AvgIpc) is 3.44. The van der Waals surface area contributed by atoms with Crippen LogP contribution in [0.5, 0.6) is 0 Å². The summed E-state index contributed by atoms with van der Waals surface area (Å²) in [6.07, 6.45) is 0. The van der Waals surface area contributed by atoms with Gasteiger partial charge in [0, 0.05) is 147 Å². The molecule has 75 heavy (non-hydrogen) atoms. The predicted molar refractivity (Wildman–Crippen MR) is 332 cm³/mol. The van der Waals surface area contributed by atoms with Crippen molar-refractivity contribution in [3.63, 3.8) is 0 Å². The van der Waals surface area contributed by atoms with E-state index in [2.05, 4.69) is 291 Å². The van der Waals surface area contributed by atoms with E-state index >= 15 is 0 Å². The Morgan fingerprint density at radius 1 is 0.173 bits per heavy atom. The van der Waals surface area contributed by atoms with Crippen LogP contribution in [-0.4, -0.2) is 78.5 Å². The van der Waals surface area contributed by atoms with Crippen molar-refractivity contribution >= 4 is 85.3 Å². The zero-order valence-electron chi connectivity index (χ0n) is 47.6. The smallest absolute Gasteiger partial charge is 0.0503 e. The summed E-state index contributed by atoms with van der Waals surface area (Å²) in [6, 6.07) is 62.1. The van der Waals surface area contributed by atoms with Gasteiger partial charge in [-0.1, -0.05) is 36.4 Å². The van der Waals surface area contributed by atoms with Crippen LogP contribution in [0.2, 0.25) is 0 Å². The lowest BCUT2D eigenvalue weighted by molar-refractivity contribution is 0.865. The second-order valence-electron chi connectivity index (χ2n) is 18.9. The van der Waals surface area contributed by atoms with Crippen LogP contribution in [-0.2, 0) is 0 Å². The zero-order chi connectivity index (χ0) is 53.4. The van der Waals surface area contributed by atoms with Gasteiger partial charge in [-0.3, -0.25) is 0 Å². The van der Waals surface area contributed by atoms with E-state index in [9.17, 15) is 0 Å². The van der Waals surface area contributed by atoms with Gasteiger partial charge in [-0.2, -0.15) is 0 Å². The molecular formula is C66H87N9. The van der Waals surface area contributed by atoms with Crippen molar-refractivity contribution in [3.05, 3.63) is 164 Å². The van der Waals surface area contributed by atoms with E-state index in [0.29, 0.717) is 0 Å². The van der Waals surface area contributed by atoms with Gasteiger partial charge >= 0.3 is 0 Å². The van der Waals surface area contributed by atoms with Crippen LogP contribution in [0, 0.1) is 0 Å². The molecule has 0 atom stereocenters. The van der Waals surface area contributed by atoms with Crippen LogP contribution in [0.3, 0.4) is 0 Å². The van der Waals surface area contributed by atoms with Gasteiger partial charge in [-0.05, 0) is 210 Å². The van der Waals surface area contributed by atoms with Crippen LogP contribution in [0.4, 0.5) is 85.3 Å². The van der Waals surface area contributed by atoms with Crippen molar-refractivity contribution in [2.45, 2.75) is 83.1 Å². The first-order chi connectivity index (χ1) is 36.6. The summed E-state index contributed by atoms with van der Waals surface area (Å²) in [5.41, 5.74) is 16.9. The van der Waals surface area contributed by atoms with E-state index in [1.54, 1.807) is 0 Å². The van der Waals surface area contributed by atoms with E-state index in [1.807, 2.05) is 0 Å². The molecule has 0 aliphatic carbocycles. The highest BCUT2D eigenvalue weighted by atomic mass is 15.2. The number of hydrogen-bond donors (Lipinski definition) is 0. The van der Waals surface area contributed by atoms with Gasteiger partial charge in [0.1, 0.15) is 0 Å². The molecule has 9 nitrogen and oxygen atoms in total. The van der Waals surface area contributed by atoms with Crippen LogP contribution >= 0.6 is 0 Å². The highest BCUT2D eigenvalue weighted by Gasteiger charge is 2.25. The third-order valence-electron chi connectivity index (χ3n) is 15.0. The van der Waals surface area contributed by atoms with E-state index in [-0.39, 0.29) is 0 Å². The van der Waals surface area contributed by atoms with Crippen molar-refractivity contribution in [2.24, 2.45) is 0 Å². The normalized spacial score (nSPS) is 11.0. The van der Waals surface area contributed by atoms with Gasteiger partial charge in [0.2, 0.25) is 0 Å². The molecule has 0 aromatic heterocycles. The van der Waals surface area contributed by atoms with E-state index < -0.39 is 0 Å². The van der Waals surface area contributed by atoms with E-state index in [1.165, 1.54) is 34.1 Å². The summed E-state index contributed by atoms with van der Waals surface area (Å²) in [7, 11) is 0. The Labute approximate surface area is 452 Å². The third-order valence-corrected chi connectivity index (χ3v) is 15.0. The standard InChI is InChI=1S/C66H87N9/c1-13-67(14-2)52-31-25-37-58(43-52)73(59-38-26-32-53(44-59)68(15-3)16-4)64-49-65(74(60-39-27-33-54(45-60)69(17-5)18-6)61-40-28-34-55(46-61)70(19-7)20-8)51-66(50-64)75(62-41-29-35-56(47-62)71(21-9)22-10)63-42-30-36-57(48-63)72(23-11)24-12/h25-51H,13-24H2,1-12H3. The first-order valence-corrected chi connectivity index (χ1v) is 28.3. The Morgan fingerprint density at radius 3 is 0.427 bits per heavy atom. The number of benzene rings is 7. The molecule has 0 heterocycles. The average molecular weight is 1010 g/mol. The molecule has 9 heteroatoms. The monoisotopic (exact) mass is 1010 g/mol. The van der Waals surface area contributed by atoms with Gasteiger partial charge in [-0.25, -0.2) is 0 Å². The maximum atomic E-state index is 2.49. The SMILES string of the molecule is CCN(CC)c1cccc(N(c2cccc(N(CC)CC)c2)c2cc(N(c3cccc(N(CC)CC)c3)c3cccc(N(CC)CC)c3)cc(N(c3cccc(N(CC)CC)c3)c3cccc(N(CC)CC)c3)c2)c1. The number of nitrogens with zero attached hydrogens (tertiary/aromatic N) is 9. The molecule has 0 spiro atoms. The molecule has 0 unspecified atom stereocenters. The minimum Gasteiger partial charge on any atom is -0.372 e. The predicted octanol–water partition coefficient (Wildman–Crippen LogP) is 17.2. The molecule has 7 aromatic carbocycles. The Kier molecular flexibility index (Phi) is 19.8. The van der Waals surface area contributed by atoms with Crippen molar-refractivity contribution in [1.82, 2.24) is 0 Å². The van der Waals surface area contributed by atoms with Gasteiger partial charge in [0.15, 0.2) is 0 Å². The second-order valence-corrected chi connectivity index (χ2v) is 18.9. The van der Waals surface area contributed by atoms with E-state index in [0.717, 1.165) is 130 Å². The van der Waals surface area contributed by atoms with E-state index in [4.69, 9.17) is 0 Å². The van der Waals surface area contributed by atoms with Gasteiger partial charge < -0.3 is 44.1 Å². The number of hydrogen-bond acceptors (Lipinski definition) is 9. The quantitative estimate of drug-likeness (QED) is 0.0500. The molecule has 0 saturated carbocycles. The fourth-order valence-electron chi connectivity index (χ4n) is 10.8. The molecule has 0 amide bonds. The highest BCUT2D eigenvalue weighted by Crippen LogP contribution is 2.48. The highest BCUT2D eigenvalue weighted by molar-refractivity contribution is 5.91. The molecule has 0 fully saturated rings. The summed E-state index contributed by atoms with van der Waals surface area (Å²) in [6.45, 7) is 37.9. The molecular weight excluding hydrogens is 919 g/mol. The van der Waals surface area contributed by atoms with Crippen LogP contribution < -0.4 is 44.1 Å². The molecule has 0 aliphatic rings. The number of anilines is 15. The summed E-state index contributed by atoms with van der Waals surface area (Å²) in [5.74, 6) is 0. The maximum absolute atomic E-state index is 2.49. The fraction of sp³-hybridized carbons (Fsp3) is 0.364. The lowest BCUT2D eigenvalue weighted by Gasteiger charge is -2.35. The molecule has 7 aromatic rings. The lowest BCUT2D eigenvalue weighted by atomic mass is 10.1. The largest absolute Gasteiger partial charge is 0.372 e. The van der Waals surface area contributed by atoms with Crippen molar-refractivity contribution < 1.29 is 0 Å².